The standard InChI is InChI=1S/C31H25BrF3N7O3/c1-15-5-6-24(32)38-28(15)39-29(45)22-11-30(4)8-7-23(30)42(22)25(44)14-41-27(16(2)43)20-9-18(19-12-36-17(3)37-13-19)10-21(26(20)40-41)31(33,34)35/h5-6,9-10,12-13,22-23H,11,14H2,1-4H3,(H,38,39,45)/t22-,23+,30+/m0/s1. The highest BCUT2D eigenvalue weighted by Gasteiger charge is 2.56. The molecule has 6 rings (SSSR count). The lowest BCUT2D eigenvalue weighted by atomic mass is 9.76. The monoisotopic (exact) mass is 679 g/mol. The lowest BCUT2D eigenvalue weighted by Gasteiger charge is -2.34. The molecule has 14 heteroatoms. The second-order valence-corrected chi connectivity index (χ2v) is 12.2. The Labute approximate surface area is 263 Å². The Morgan fingerprint density at radius 2 is 1.84 bits per heavy atom. The van der Waals surface area contributed by atoms with Crippen LogP contribution in [0.5, 0.6) is 0 Å². The highest BCUT2D eigenvalue weighted by atomic mass is 79.9. The van der Waals surface area contributed by atoms with Gasteiger partial charge in [0.15, 0.2) is 5.78 Å². The number of nitrogens with one attached hydrogen (secondary N) is 1. The molecule has 0 radical (unpaired) electrons. The van der Waals surface area contributed by atoms with Crippen LogP contribution in [-0.2, 0) is 22.3 Å². The number of carbonyl (C=O) groups is 3. The van der Waals surface area contributed by atoms with Crippen molar-refractivity contribution in [2.75, 3.05) is 5.32 Å². The normalized spacial score (nSPS) is 20.3. The fraction of sp³-hybridized carbons (Fsp3) is 0.323. The molecule has 0 spiro atoms. The Hall–Kier alpha value is -4.64. The Bertz CT molecular complexity index is 1980. The van der Waals surface area contributed by atoms with Crippen LogP contribution in [0.25, 0.3) is 22.0 Å². The van der Waals surface area contributed by atoms with E-state index in [1.807, 2.05) is 6.92 Å². The Morgan fingerprint density at radius 3 is 2.47 bits per heavy atom. The first-order valence-corrected chi connectivity index (χ1v) is 14.6. The Kier molecular flexibility index (Phi) is 7.27. The molecule has 2 amide bonds. The van der Waals surface area contributed by atoms with Crippen LogP contribution in [0.1, 0.15) is 47.7 Å². The maximum absolute atomic E-state index is 14.3. The van der Waals surface area contributed by atoms with E-state index in [0.717, 1.165) is 10.7 Å². The summed E-state index contributed by atoms with van der Waals surface area (Å²) in [5.74, 6) is 5.06. The van der Waals surface area contributed by atoms with Gasteiger partial charge in [-0.25, -0.2) is 15.0 Å². The Morgan fingerprint density at radius 1 is 1.13 bits per heavy atom. The topological polar surface area (TPSA) is 123 Å². The largest absolute Gasteiger partial charge is 0.418 e. The predicted octanol–water partition coefficient (Wildman–Crippen LogP) is 5.12. The number of alkyl halides is 3. The number of hydrogen-bond donors (Lipinski definition) is 1. The van der Waals surface area contributed by atoms with Gasteiger partial charge in [0, 0.05) is 30.3 Å². The summed E-state index contributed by atoms with van der Waals surface area (Å²) < 4.78 is 44.5. The van der Waals surface area contributed by atoms with Crippen molar-refractivity contribution in [3.63, 3.8) is 0 Å². The summed E-state index contributed by atoms with van der Waals surface area (Å²) >= 11 is 3.29. The zero-order valence-electron chi connectivity index (χ0n) is 24.5. The fourth-order valence-electron chi connectivity index (χ4n) is 5.82. The molecule has 3 aromatic heterocycles. The van der Waals surface area contributed by atoms with Gasteiger partial charge in [-0.05, 0) is 72.4 Å². The van der Waals surface area contributed by atoms with Crippen molar-refractivity contribution in [3.8, 4) is 23.0 Å². The molecule has 230 valence electrons. The number of aromatic nitrogens is 5. The lowest BCUT2D eigenvalue weighted by molar-refractivity contribution is -0.138. The van der Waals surface area contributed by atoms with E-state index in [1.165, 1.54) is 30.3 Å². The minimum Gasteiger partial charge on any atom is -0.314 e. The third-order valence-electron chi connectivity index (χ3n) is 8.11. The van der Waals surface area contributed by atoms with E-state index in [9.17, 15) is 27.6 Å². The van der Waals surface area contributed by atoms with Crippen LogP contribution >= 0.6 is 15.9 Å². The maximum Gasteiger partial charge on any atom is 0.418 e. The number of ketones is 1. The Balaban J connectivity index is 1.39. The molecule has 1 fully saturated rings. The van der Waals surface area contributed by atoms with E-state index >= 15 is 0 Å². The molecule has 0 saturated carbocycles. The van der Waals surface area contributed by atoms with Crippen molar-refractivity contribution in [2.45, 2.75) is 58.9 Å². The second kappa shape index (κ2) is 10.8. The molecule has 3 atom stereocenters. The predicted molar refractivity (Wildman–Crippen MR) is 161 cm³/mol. The van der Waals surface area contributed by atoms with Gasteiger partial charge < -0.3 is 10.2 Å². The molecule has 1 aromatic carbocycles. The van der Waals surface area contributed by atoms with Crippen molar-refractivity contribution >= 4 is 50.2 Å². The number of hydrogen-bond acceptors (Lipinski definition) is 7. The number of nitrogens with zero attached hydrogens (tertiary/aromatic N) is 6. The number of benzene rings is 1. The van der Waals surface area contributed by atoms with Crippen LogP contribution < -0.4 is 5.32 Å². The van der Waals surface area contributed by atoms with Crippen LogP contribution in [0, 0.1) is 31.1 Å². The van der Waals surface area contributed by atoms with Crippen LogP contribution in [-0.4, -0.2) is 59.3 Å². The first kappa shape index (κ1) is 30.4. The third kappa shape index (κ3) is 5.35. The van der Waals surface area contributed by atoms with Crippen molar-refractivity contribution in [1.29, 1.82) is 0 Å². The summed E-state index contributed by atoms with van der Waals surface area (Å²) in [6, 6.07) is 4.29. The minimum atomic E-state index is -4.82. The SMILES string of the molecule is CC(=O)c1c2cc(-c3cnc(C)nc3)cc(C(F)(F)F)c2nn1CC(=O)N1[C@H](C(=O)Nc2nc(Br)ccc2C)C[C@@]2(C)C#C[C@@H]12. The number of aryl methyl sites for hydroxylation is 2. The van der Waals surface area contributed by atoms with Gasteiger partial charge in [-0.15, -0.1) is 0 Å². The summed E-state index contributed by atoms with van der Waals surface area (Å²) in [6.07, 6.45) is -1.79. The van der Waals surface area contributed by atoms with Gasteiger partial charge in [0.1, 0.15) is 46.1 Å². The number of halogens is 4. The van der Waals surface area contributed by atoms with Crippen LogP contribution in [0.4, 0.5) is 19.0 Å². The summed E-state index contributed by atoms with van der Waals surface area (Å²) in [7, 11) is 0. The molecule has 0 unspecified atom stereocenters. The van der Waals surface area contributed by atoms with E-state index < -0.39 is 58.9 Å². The quantitative estimate of drug-likeness (QED) is 0.171. The molecule has 1 saturated heterocycles. The molecule has 2 aliphatic rings. The molecule has 45 heavy (non-hydrogen) atoms. The maximum atomic E-state index is 14.3. The van der Waals surface area contributed by atoms with E-state index in [-0.39, 0.29) is 23.1 Å². The van der Waals surface area contributed by atoms with Gasteiger partial charge in [-0.1, -0.05) is 17.9 Å². The minimum absolute atomic E-state index is 0.0686. The van der Waals surface area contributed by atoms with Gasteiger partial charge in [0.2, 0.25) is 11.8 Å². The van der Waals surface area contributed by atoms with Gasteiger partial charge in [-0.2, -0.15) is 18.3 Å². The smallest absolute Gasteiger partial charge is 0.314 e. The molecule has 1 aliphatic heterocycles. The van der Waals surface area contributed by atoms with E-state index in [2.05, 4.69) is 53.1 Å². The number of anilines is 1. The van der Waals surface area contributed by atoms with E-state index in [4.69, 9.17) is 0 Å². The van der Waals surface area contributed by atoms with Gasteiger partial charge in [-0.3, -0.25) is 19.1 Å². The molecular weight excluding hydrogens is 655 g/mol. The average molecular weight is 680 g/mol. The third-order valence-corrected chi connectivity index (χ3v) is 8.55. The molecule has 10 nitrogen and oxygen atoms in total. The molecule has 1 aliphatic carbocycles. The number of carbonyl (C=O) groups excluding carboxylic acids is 3. The molecule has 4 heterocycles. The highest BCUT2D eigenvalue weighted by molar-refractivity contribution is 9.10. The first-order chi connectivity index (χ1) is 21.2. The summed E-state index contributed by atoms with van der Waals surface area (Å²) in [5.41, 5.74) is -1.21. The van der Waals surface area contributed by atoms with Crippen molar-refractivity contribution in [2.24, 2.45) is 5.41 Å². The number of fused-ring (bicyclic) bond motifs is 2. The number of likely N-dealkylation sites (tertiary alicyclic amines) is 1. The van der Waals surface area contributed by atoms with Gasteiger partial charge >= 0.3 is 6.18 Å². The first-order valence-electron chi connectivity index (χ1n) is 13.9. The summed E-state index contributed by atoms with van der Waals surface area (Å²) in [5, 5.41) is 6.86. The number of amides is 2. The lowest BCUT2D eigenvalue weighted by Crippen LogP contribution is -2.50. The van der Waals surface area contributed by atoms with Gasteiger partial charge in [0.05, 0.1) is 11.0 Å². The van der Waals surface area contributed by atoms with Crippen LogP contribution in [0.15, 0.2) is 41.3 Å². The fourth-order valence-corrected chi connectivity index (χ4v) is 6.13. The number of Topliss-reactive ketones (excluding diaryl/α,β-unsaturated/α-hetero) is 1. The molecule has 1 N–H and O–H groups in total. The van der Waals surface area contributed by atoms with Crippen molar-refractivity contribution in [1.82, 2.24) is 29.6 Å². The number of rotatable bonds is 6. The van der Waals surface area contributed by atoms with E-state index in [1.54, 1.807) is 26.0 Å². The van der Waals surface area contributed by atoms with E-state index in [0.29, 0.717) is 27.4 Å². The zero-order valence-corrected chi connectivity index (χ0v) is 26.0. The number of pyridine rings is 1. The van der Waals surface area contributed by atoms with Crippen molar-refractivity contribution < 1.29 is 27.6 Å². The highest BCUT2D eigenvalue weighted by Crippen LogP contribution is 2.45. The van der Waals surface area contributed by atoms with Crippen LogP contribution in [0.2, 0.25) is 0 Å². The molecule has 4 aromatic rings. The summed E-state index contributed by atoms with van der Waals surface area (Å²) in [4.78, 5) is 54.2. The van der Waals surface area contributed by atoms with Crippen LogP contribution in [0.3, 0.4) is 0 Å². The second-order valence-electron chi connectivity index (χ2n) is 11.4. The van der Waals surface area contributed by atoms with Crippen molar-refractivity contribution in [3.05, 3.63) is 63.9 Å². The summed E-state index contributed by atoms with van der Waals surface area (Å²) in [6.45, 7) is 5.88. The average Bonchev–Trinajstić information content (AvgIpc) is 3.42. The zero-order chi connectivity index (χ0) is 32.4. The molecular formula is C31H25BrF3N7O3. The van der Waals surface area contributed by atoms with Gasteiger partial charge in [0.25, 0.3) is 0 Å². The molecule has 0 bridgehead atoms.